The van der Waals surface area contributed by atoms with E-state index in [0.717, 1.165) is 5.56 Å². The topological polar surface area (TPSA) is 84.2 Å². The lowest BCUT2D eigenvalue weighted by molar-refractivity contribution is 0.601. The number of benzene rings is 2. The van der Waals surface area contributed by atoms with Crippen LogP contribution in [0.2, 0.25) is 10.0 Å². The second kappa shape index (κ2) is 6.11. The third kappa shape index (κ3) is 3.59. The van der Waals surface area contributed by atoms with Gasteiger partial charge in [0.15, 0.2) is 0 Å². The van der Waals surface area contributed by atoms with Gasteiger partial charge in [-0.25, -0.2) is 8.42 Å². The number of nitrogens with two attached hydrogens (primary N) is 1. The van der Waals surface area contributed by atoms with Crippen molar-refractivity contribution in [3.63, 3.8) is 0 Å². The molecular formula is C13H13Cl2N3O2S. The van der Waals surface area contributed by atoms with Gasteiger partial charge >= 0.3 is 0 Å². The summed E-state index contributed by atoms with van der Waals surface area (Å²) in [4.78, 5) is 0.0919. The molecule has 0 bridgehead atoms. The van der Waals surface area contributed by atoms with Crippen LogP contribution >= 0.6 is 23.2 Å². The maximum Gasteiger partial charge on any atom is 0.261 e. The van der Waals surface area contributed by atoms with E-state index in [1.807, 2.05) is 0 Å². The van der Waals surface area contributed by atoms with E-state index in [0.29, 0.717) is 10.7 Å². The predicted octanol–water partition coefficient (Wildman–Crippen LogP) is 3.39. The lowest BCUT2D eigenvalue weighted by Crippen LogP contribution is -2.14. The number of nitrogens with one attached hydrogen (secondary N) is 2. The maximum absolute atomic E-state index is 12.3. The van der Waals surface area contributed by atoms with Crippen LogP contribution in [0.3, 0.4) is 0 Å². The van der Waals surface area contributed by atoms with Crippen LogP contribution in [-0.4, -0.2) is 8.42 Å². The standard InChI is InChI=1S/C13H13Cl2N3O2S/c1-8-6-12(15)13(7-11(8)14)18-21(19,20)10-4-2-9(17-16)3-5-10/h2-7,17-18H,16H2,1H3. The predicted molar refractivity (Wildman–Crippen MR) is 86.3 cm³/mol. The molecular weight excluding hydrogens is 333 g/mol. The van der Waals surface area contributed by atoms with Gasteiger partial charge in [-0.1, -0.05) is 23.2 Å². The molecule has 0 saturated carbocycles. The van der Waals surface area contributed by atoms with Crippen molar-refractivity contribution >= 4 is 44.6 Å². The molecule has 0 fully saturated rings. The van der Waals surface area contributed by atoms with Crippen LogP contribution in [-0.2, 0) is 10.0 Å². The second-order valence-corrected chi connectivity index (χ2v) is 6.85. The van der Waals surface area contributed by atoms with Gasteiger partial charge in [0.1, 0.15) is 0 Å². The van der Waals surface area contributed by atoms with Crippen molar-refractivity contribution < 1.29 is 8.42 Å². The first-order valence-electron chi connectivity index (χ1n) is 5.88. The highest BCUT2D eigenvalue weighted by Gasteiger charge is 2.16. The van der Waals surface area contributed by atoms with E-state index in [4.69, 9.17) is 29.0 Å². The first kappa shape index (κ1) is 15.9. The van der Waals surface area contributed by atoms with Crippen molar-refractivity contribution in [2.45, 2.75) is 11.8 Å². The van der Waals surface area contributed by atoms with Crippen molar-refractivity contribution in [2.75, 3.05) is 10.1 Å². The average Bonchev–Trinajstić information content (AvgIpc) is 2.44. The van der Waals surface area contributed by atoms with E-state index < -0.39 is 10.0 Å². The summed E-state index contributed by atoms with van der Waals surface area (Å²) < 4.78 is 27.0. The fourth-order valence-corrected chi connectivity index (χ4v) is 3.21. The number of hydrogen-bond acceptors (Lipinski definition) is 4. The van der Waals surface area contributed by atoms with Gasteiger partial charge in [-0.05, 0) is 48.9 Å². The van der Waals surface area contributed by atoms with Crippen LogP contribution in [0, 0.1) is 6.92 Å². The van der Waals surface area contributed by atoms with Crippen molar-refractivity contribution in [1.29, 1.82) is 0 Å². The van der Waals surface area contributed by atoms with E-state index in [9.17, 15) is 8.42 Å². The number of rotatable bonds is 4. The molecule has 0 radical (unpaired) electrons. The summed E-state index contributed by atoms with van der Waals surface area (Å²) in [6.07, 6.45) is 0. The van der Waals surface area contributed by atoms with Crippen LogP contribution in [0.25, 0.3) is 0 Å². The third-order valence-electron chi connectivity index (χ3n) is 2.82. The molecule has 0 saturated heterocycles. The number of sulfonamides is 1. The SMILES string of the molecule is Cc1cc(Cl)c(NS(=O)(=O)c2ccc(NN)cc2)cc1Cl. The van der Waals surface area contributed by atoms with Crippen molar-refractivity contribution in [2.24, 2.45) is 5.84 Å². The zero-order chi connectivity index (χ0) is 15.6. The highest BCUT2D eigenvalue weighted by molar-refractivity contribution is 7.92. The molecule has 21 heavy (non-hydrogen) atoms. The van der Waals surface area contributed by atoms with E-state index in [1.54, 1.807) is 25.1 Å². The number of hydrazine groups is 1. The first-order valence-corrected chi connectivity index (χ1v) is 8.12. The normalized spacial score (nSPS) is 11.2. The van der Waals surface area contributed by atoms with Gasteiger partial charge < -0.3 is 5.43 Å². The molecule has 0 aliphatic carbocycles. The Balaban J connectivity index is 2.34. The molecule has 0 amide bonds. The monoisotopic (exact) mass is 345 g/mol. The molecule has 0 unspecified atom stereocenters. The quantitative estimate of drug-likeness (QED) is 0.585. The van der Waals surface area contributed by atoms with Gasteiger partial charge in [-0.15, -0.1) is 0 Å². The lowest BCUT2D eigenvalue weighted by atomic mass is 10.2. The molecule has 0 aliphatic heterocycles. The number of hydrogen-bond donors (Lipinski definition) is 3. The highest BCUT2D eigenvalue weighted by Crippen LogP contribution is 2.30. The van der Waals surface area contributed by atoms with Gasteiger partial charge in [0.25, 0.3) is 10.0 Å². The van der Waals surface area contributed by atoms with E-state index in [2.05, 4.69) is 10.1 Å². The van der Waals surface area contributed by atoms with Crippen molar-refractivity contribution in [3.05, 3.63) is 52.0 Å². The molecule has 112 valence electrons. The first-order chi connectivity index (χ1) is 9.83. The molecule has 0 aromatic heterocycles. The Bertz CT molecular complexity index is 762. The summed E-state index contributed by atoms with van der Waals surface area (Å²) in [5.74, 6) is 5.24. The molecule has 0 atom stereocenters. The third-order valence-corrected chi connectivity index (χ3v) is 4.93. The van der Waals surface area contributed by atoms with Gasteiger partial charge in [0.2, 0.25) is 0 Å². The van der Waals surface area contributed by atoms with Gasteiger partial charge in [-0.3, -0.25) is 10.6 Å². The summed E-state index contributed by atoms with van der Waals surface area (Å²) in [6.45, 7) is 1.78. The number of anilines is 2. The lowest BCUT2D eigenvalue weighted by Gasteiger charge is -2.11. The van der Waals surface area contributed by atoms with Crippen LogP contribution in [0.15, 0.2) is 41.3 Å². The van der Waals surface area contributed by atoms with Crippen LogP contribution in [0.4, 0.5) is 11.4 Å². The number of halogens is 2. The highest BCUT2D eigenvalue weighted by atomic mass is 35.5. The molecule has 5 nitrogen and oxygen atoms in total. The summed E-state index contributed by atoms with van der Waals surface area (Å²) in [7, 11) is -3.75. The average molecular weight is 346 g/mol. The zero-order valence-electron chi connectivity index (χ0n) is 11.0. The summed E-state index contributed by atoms with van der Waals surface area (Å²) in [5.41, 5.74) is 4.02. The Kier molecular flexibility index (Phi) is 4.63. The summed E-state index contributed by atoms with van der Waals surface area (Å²) in [5, 5.41) is 0.709. The van der Waals surface area contributed by atoms with Crippen LogP contribution < -0.4 is 16.0 Å². The fourth-order valence-electron chi connectivity index (χ4n) is 1.66. The number of aryl methyl sites for hydroxylation is 1. The van der Waals surface area contributed by atoms with Gasteiger partial charge in [0.05, 0.1) is 15.6 Å². The molecule has 0 aliphatic rings. The summed E-state index contributed by atoms with van der Waals surface area (Å²) >= 11 is 12.0. The maximum atomic E-state index is 12.3. The minimum absolute atomic E-state index is 0.0919. The Morgan fingerprint density at radius 3 is 2.24 bits per heavy atom. The minimum Gasteiger partial charge on any atom is -0.324 e. The van der Waals surface area contributed by atoms with Crippen molar-refractivity contribution in [1.82, 2.24) is 0 Å². The molecule has 0 heterocycles. The van der Waals surface area contributed by atoms with Crippen molar-refractivity contribution in [3.8, 4) is 0 Å². The van der Waals surface area contributed by atoms with Crippen LogP contribution in [0.1, 0.15) is 5.56 Å². The number of nitrogen functional groups attached to an aromatic ring is 1. The van der Waals surface area contributed by atoms with E-state index in [1.165, 1.54) is 18.2 Å². The van der Waals surface area contributed by atoms with Crippen LogP contribution in [0.5, 0.6) is 0 Å². The molecule has 2 aromatic rings. The Morgan fingerprint density at radius 1 is 1.05 bits per heavy atom. The molecule has 2 rings (SSSR count). The Hall–Kier alpha value is -1.47. The molecule has 0 spiro atoms. The second-order valence-electron chi connectivity index (χ2n) is 4.36. The summed E-state index contributed by atoms with van der Waals surface area (Å²) in [6, 6.07) is 9.05. The largest absolute Gasteiger partial charge is 0.324 e. The van der Waals surface area contributed by atoms with E-state index in [-0.39, 0.29) is 15.6 Å². The molecule has 2 aromatic carbocycles. The Labute approximate surface area is 133 Å². The molecule has 4 N–H and O–H groups in total. The minimum atomic E-state index is -3.75. The zero-order valence-corrected chi connectivity index (χ0v) is 13.4. The van der Waals surface area contributed by atoms with Gasteiger partial charge in [0, 0.05) is 10.7 Å². The Morgan fingerprint density at radius 2 is 1.67 bits per heavy atom. The fraction of sp³-hybridized carbons (Fsp3) is 0.0769. The van der Waals surface area contributed by atoms with Gasteiger partial charge in [-0.2, -0.15) is 0 Å². The molecule has 8 heteroatoms. The smallest absolute Gasteiger partial charge is 0.261 e. The van der Waals surface area contributed by atoms with E-state index >= 15 is 0 Å².